The van der Waals surface area contributed by atoms with E-state index in [0.717, 1.165) is 5.69 Å². The number of nitrogens with two attached hydrogens (primary N) is 1. The molecule has 1 aromatic carbocycles. The average Bonchev–Trinajstić information content (AvgIpc) is 2.69. The number of nitrogen functional groups attached to an aromatic ring is 1. The number of ether oxygens (including phenoxy) is 1. The van der Waals surface area contributed by atoms with Gasteiger partial charge in [-0.15, -0.1) is 0 Å². The van der Waals surface area contributed by atoms with Crippen molar-refractivity contribution in [1.82, 2.24) is 20.4 Å². The van der Waals surface area contributed by atoms with E-state index in [0.29, 0.717) is 17.1 Å². The minimum atomic E-state index is -0.340. The summed E-state index contributed by atoms with van der Waals surface area (Å²) in [6.07, 6.45) is 4.63. The third-order valence-electron chi connectivity index (χ3n) is 3.45. The SMILES string of the molecule is COc1ccc(C(=O)NNc2ncnc(Nc3cccnc3)c2N)cc1. The van der Waals surface area contributed by atoms with Crippen LogP contribution in [0.2, 0.25) is 0 Å². The highest BCUT2D eigenvalue weighted by molar-refractivity contribution is 5.95. The van der Waals surface area contributed by atoms with Gasteiger partial charge >= 0.3 is 0 Å². The van der Waals surface area contributed by atoms with E-state index < -0.39 is 0 Å². The molecule has 0 aliphatic heterocycles. The number of hydrogen-bond acceptors (Lipinski definition) is 8. The van der Waals surface area contributed by atoms with Gasteiger partial charge in [-0.3, -0.25) is 20.6 Å². The molecular formula is C17H17N7O2. The Morgan fingerprint density at radius 3 is 2.58 bits per heavy atom. The molecule has 0 fully saturated rings. The van der Waals surface area contributed by atoms with Gasteiger partial charge in [0, 0.05) is 11.8 Å². The van der Waals surface area contributed by atoms with Crippen LogP contribution in [0.15, 0.2) is 55.1 Å². The predicted octanol–water partition coefficient (Wildman–Crippen LogP) is 1.96. The van der Waals surface area contributed by atoms with Crippen LogP contribution in [0.25, 0.3) is 0 Å². The fourth-order valence-electron chi connectivity index (χ4n) is 2.10. The first-order valence-corrected chi connectivity index (χ1v) is 7.65. The van der Waals surface area contributed by atoms with Gasteiger partial charge in [-0.2, -0.15) is 0 Å². The van der Waals surface area contributed by atoms with Gasteiger partial charge in [0.25, 0.3) is 5.91 Å². The lowest BCUT2D eigenvalue weighted by Gasteiger charge is -2.13. The van der Waals surface area contributed by atoms with Gasteiger partial charge < -0.3 is 15.8 Å². The molecule has 5 N–H and O–H groups in total. The topological polar surface area (TPSA) is 127 Å². The number of amides is 1. The Morgan fingerprint density at radius 2 is 1.88 bits per heavy atom. The standard InChI is InChI=1S/C17H17N7O2/c1-26-13-6-4-11(5-7-13)17(25)24-23-16-14(18)15(20-10-21-16)22-12-3-2-8-19-9-12/h2-10H,18H2,1H3,(H,24,25)(H2,20,21,22,23). The summed E-state index contributed by atoms with van der Waals surface area (Å²) in [4.78, 5) is 24.3. The minimum absolute atomic E-state index is 0.256. The molecule has 0 spiro atoms. The van der Waals surface area contributed by atoms with E-state index in [-0.39, 0.29) is 17.4 Å². The van der Waals surface area contributed by atoms with Crippen molar-refractivity contribution in [3.8, 4) is 5.75 Å². The molecule has 3 aromatic rings. The molecule has 0 aliphatic rings. The monoisotopic (exact) mass is 351 g/mol. The first kappa shape index (κ1) is 17.0. The van der Waals surface area contributed by atoms with E-state index in [1.807, 2.05) is 6.07 Å². The number of rotatable bonds is 6. The Labute approximate surface area is 149 Å². The van der Waals surface area contributed by atoms with E-state index in [9.17, 15) is 4.79 Å². The number of methoxy groups -OCH3 is 1. The maximum Gasteiger partial charge on any atom is 0.269 e. The quantitative estimate of drug-likeness (QED) is 0.496. The van der Waals surface area contributed by atoms with Crippen LogP contribution in [0, 0.1) is 0 Å². The molecule has 0 unspecified atom stereocenters. The number of hydrazine groups is 1. The molecule has 0 radical (unpaired) electrons. The molecule has 0 saturated carbocycles. The van der Waals surface area contributed by atoms with Crippen LogP contribution in [-0.2, 0) is 0 Å². The minimum Gasteiger partial charge on any atom is -0.497 e. The molecule has 0 saturated heterocycles. The van der Waals surface area contributed by atoms with Crippen molar-refractivity contribution >= 4 is 28.9 Å². The summed E-state index contributed by atoms with van der Waals surface area (Å²) in [7, 11) is 1.56. The zero-order valence-corrected chi connectivity index (χ0v) is 13.9. The van der Waals surface area contributed by atoms with Crippen LogP contribution in [0.5, 0.6) is 5.75 Å². The summed E-state index contributed by atoms with van der Waals surface area (Å²) < 4.78 is 5.06. The van der Waals surface area contributed by atoms with Crippen molar-refractivity contribution in [2.24, 2.45) is 0 Å². The number of anilines is 4. The number of aromatic nitrogens is 3. The number of carbonyl (C=O) groups excluding carboxylic acids is 1. The van der Waals surface area contributed by atoms with Gasteiger partial charge in [0.1, 0.15) is 17.8 Å². The lowest BCUT2D eigenvalue weighted by Crippen LogP contribution is -2.30. The number of nitrogens with one attached hydrogen (secondary N) is 3. The van der Waals surface area contributed by atoms with Crippen molar-refractivity contribution in [1.29, 1.82) is 0 Å². The van der Waals surface area contributed by atoms with Gasteiger partial charge in [0.15, 0.2) is 11.6 Å². The molecule has 3 rings (SSSR count). The maximum atomic E-state index is 12.2. The Balaban J connectivity index is 1.67. The molecule has 2 aromatic heterocycles. The van der Waals surface area contributed by atoms with E-state index >= 15 is 0 Å². The van der Waals surface area contributed by atoms with Crippen LogP contribution >= 0.6 is 0 Å². The second kappa shape index (κ2) is 7.79. The zero-order chi connectivity index (χ0) is 18.4. The van der Waals surface area contributed by atoms with Crippen molar-refractivity contribution in [3.63, 3.8) is 0 Å². The highest BCUT2D eigenvalue weighted by Gasteiger charge is 2.10. The van der Waals surface area contributed by atoms with E-state index in [2.05, 4.69) is 31.1 Å². The number of pyridine rings is 1. The van der Waals surface area contributed by atoms with Gasteiger partial charge in [0.2, 0.25) is 0 Å². The van der Waals surface area contributed by atoms with Crippen LogP contribution in [0.4, 0.5) is 23.0 Å². The van der Waals surface area contributed by atoms with Crippen LogP contribution in [0.1, 0.15) is 10.4 Å². The summed E-state index contributed by atoms with van der Waals surface area (Å²) in [6, 6.07) is 10.3. The molecule has 1 amide bonds. The summed E-state index contributed by atoms with van der Waals surface area (Å²) >= 11 is 0. The first-order chi connectivity index (χ1) is 12.7. The summed E-state index contributed by atoms with van der Waals surface area (Å²) in [5.74, 6) is 0.996. The molecule has 0 aliphatic carbocycles. The molecule has 0 atom stereocenters. The Kier molecular flexibility index (Phi) is 5.08. The highest BCUT2D eigenvalue weighted by Crippen LogP contribution is 2.24. The Morgan fingerprint density at radius 1 is 1.12 bits per heavy atom. The van der Waals surface area contributed by atoms with Gasteiger partial charge in [0.05, 0.1) is 19.0 Å². The molecule has 9 nitrogen and oxygen atoms in total. The molecule has 132 valence electrons. The van der Waals surface area contributed by atoms with E-state index in [1.54, 1.807) is 49.8 Å². The van der Waals surface area contributed by atoms with Crippen molar-refractivity contribution in [2.75, 3.05) is 23.6 Å². The molecule has 2 heterocycles. The van der Waals surface area contributed by atoms with E-state index in [4.69, 9.17) is 10.5 Å². The number of benzene rings is 1. The summed E-state index contributed by atoms with van der Waals surface area (Å²) in [5.41, 5.74) is 12.7. The van der Waals surface area contributed by atoms with Crippen molar-refractivity contribution in [3.05, 3.63) is 60.7 Å². The number of hydrogen-bond donors (Lipinski definition) is 4. The van der Waals surface area contributed by atoms with Gasteiger partial charge in [-0.05, 0) is 36.4 Å². The van der Waals surface area contributed by atoms with Crippen molar-refractivity contribution in [2.45, 2.75) is 0 Å². The normalized spacial score (nSPS) is 10.0. The number of nitrogens with zero attached hydrogens (tertiary/aromatic N) is 3. The van der Waals surface area contributed by atoms with Gasteiger partial charge in [-0.1, -0.05) is 0 Å². The molecule has 26 heavy (non-hydrogen) atoms. The maximum absolute atomic E-state index is 12.2. The van der Waals surface area contributed by atoms with Crippen LogP contribution in [-0.4, -0.2) is 28.0 Å². The Bertz CT molecular complexity index is 885. The van der Waals surface area contributed by atoms with Crippen LogP contribution < -0.4 is 26.6 Å². The Hall–Kier alpha value is -3.88. The largest absolute Gasteiger partial charge is 0.497 e. The average molecular weight is 351 g/mol. The van der Waals surface area contributed by atoms with E-state index in [1.165, 1.54) is 6.33 Å². The third kappa shape index (κ3) is 3.96. The van der Waals surface area contributed by atoms with Crippen LogP contribution in [0.3, 0.4) is 0 Å². The van der Waals surface area contributed by atoms with Crippen molar-refractivity contribution < 1.29 is 9.53 Å². The lowest BCUT2D eigenvalue weighted by molar-refractivity contribution is 0.0962. The zero-order valence-electron chi connectivity index (χ0n) is 13.9. The molecular weight excluding hydrogens is 334 g/mol. The second-order valence-electron chi connectivity index (χ2n) is 5.16. The summed E-state index contributed by atoms with van der Waals surface area (Å²) in [5, 5.41) is 3.04. The lowest BCUT2D eigenvalue weighted by atomic mass is 10.2. The summed E-state index contributed by atoms with van der Waals surface area (Å²) in [6.45, 7) is 0. The smallest absolute Gasteiger partial charge is 0.269 e. The van der Waals surface area contributed by atoms with Gasteiger partial charge in [-0.25, -0.2) is 9.97 Å². The number of carbonyl (C=O) groups is 1. The highest BCUT2D eigenvalue weighted by atomic mass is 16.5. The molecule has 9 heteroatoms. The second-order valence-corrected chi connectivity index (χ2v) is 5.16. The molecule has 0 bridgehead atoms. The predicted molar refractivity (Wildman–Crippen MR) is 98.0 cm³/mol. The first-order valence-electron chi connectivity index (χ1n) is 7.65. The third-order valence-corrected chi connectivity index (χ3v) is 3.45. The fourth-order valence-corrected chi connectivity index (χ4v) is 2.10. The fraction of sp³-hybridized carbons (Fsp3) is 0.0588.